The summed E-state index contributed by atoms with van der Waals surface area (Å²) in [6.07, 6.45) is 3.49. The fourth-order valence-electron chi connectivity index (χ4n) is 1.60. The molecule has 0 saturated heterocycles. The molecule has 0 spiro atoms. The number of halogens is 2. The first-order valence-corrected chi connectivity index (χ1v) is 6.52. The third-order valence-corrected chi connectivity index (χ3v) is 3.14. The SMILES string of the molecule is CCC(=CC(=O)Cc1cc(Br)ccc1F)CC. The number of hydrogen-bond acceptors (Lipinski definition) is 1. The largest absolute Gasteiger partial charge is 0.294 e. The van der Waals surface area contributed by atoms with Gasteiger partial charge < -0.3 is 0 Å². The van der Waals surface area contributed by atoms with Gasteiger partial charge in [-0.2, -0.15) is 0 Å². The van der Waals surface area contributed by atoms with Crippen LogP contribution < -0.4 is 0 Å². The summed E-state index contributed by atoms with van der Waals surface area (Å²) in [4.78, 5) is 11.7. The monoisotopic (exact) mass is 298 g/mol. The van der Waals surface area contributed by atoms with Crippen molar-refractivity contribution in [2.24, 2.45) is 0 Å². The van der Waals surface area contributed by atoms with Crippen LogP contribution in [-0.4, -0.2) is 5.78 Å². The van der Waals surface area contributed by atoms with Gasteiger partial charge in [0.1, 0.15) is 5.82 Å². The third-order valence-electron chi connectivity index (χ3n) is 2.65. The zero-order valence-corrected chi connectivity index (χ0v) is 11.7. The first-order chi connectivity index (χ1) is 8.06. The van der Waals surface area contributed by atoms with Crippen LogP contribution in [0.3, 0.4) is 0 Å². The van der Waals surface area contributed by atoms with Gasteiger partial charge in [0.25, 0.3) is 0 Å². The topological polar surface area (TPSA) is 17.1 Å². The Labute approximate surface area is 110 Å². The average Bonchev–Trinajstić information content (AvgIpc) is 2.31. The molecule has 1 aromatic carbocycles. The van der Waals surface area contributed by atoms with Crippen LogP contribution in [0.5, 0.6) is 0 Å². The summed E-state index contributed by atoms with van der Waals surface area (Å²) >= 11 is 3.27. The Morgan fingerprint density at radius 3 is 2.59 bits per heavy atom. The van der Waals surface area contributed by atoms with E-state index in [1.165, 1.54) is 6.07 Å². The van der Waals surface area contributed by atoms with E-state index in [0.717, 1.165) is 22.9 Å². The number of rotatable bonds is 5. The van der Waals surface area contributed by atoms with Crippen molar-refractivity contribution in [2.75, 3.05) is 0 Å². The first kappa shape index (κ1) is 14.1. The van der Waals surface area contributed by atoms with Crippen molar-refractivity contribution in [3.05, 3.63) is 45.7 Å². The second kappa shape index (κ2) is 6.70. The van der Waals surface area contributed by atoms with Gasteiger partial charge in [-0.25, -0.2) is 4.39 Å². The summed E-state index contributed by atoms with van der Waals surface area (Å²) in [5, 5.41) is 0. The van der Waals surface area contributed by atoms with Gasteiger partial charge in [-0.1, -0.05) is 35.4 Å². The Kier molecular flexibility index (Phi) is 5.56. The van der Waals surface area contributed by atoms with Gasteiger partial charge in [0.2, 0.25) is 0 Å². The predicted molar refractivity (Wildman–Crippen MR) is 71.5 cm³/mol. The van der Waals surface area contributed by atoms with Crippen LogP contribution in [0.1, 0.15) is 32.3 Å². The molecule has 0 amide bonds. The number of carbonyl (C=O) groups is 1. The standard InChI is InChI=1S/C14H16BrFO/c1-3-10(4-2)7-13(17)9-11-8-12(15)5-6-14(11)16/h5-8H,3-4,9H2,1-2H3. The molecule has 0 aliphatic carbocycles. The first-order valence-electron chi connectivity index (χ1n) is 5.73. The second-order valence-electron chi connectivity index (χ2n) is 3.89. The van der Waals surface area contributed by atoms with Crippen molar-refractivity contribution in [3.63, 3.8) is 0 Å². The summed E-state index contributed by atoms with van der Waals surface area (Å²) in [7, 11) is 0. The van der Waals surface area contributed by atoms with Gasteiger partial charge in [-0.15, -0.1) is 0 Å². The van der Waals surface area contributed by atoms with E-state index >= 15 is 0 Å². The Morgan fingerprint density at radius 1 is 1.35 bits per heavy atom. The molecule has 0 aliphatic rings. The number of ketones is 1. The molecule has 0 atom stereocenters. The molecule has 0 heterocycles. The fourth-order valence-corrected chi connectivity index (χ4v) is 2.01. The van der Waals surface area contributed by atoms with Crippen molar-refractivity contribution in [1.82, 2.24) is 0 Å². The van der Waals surface area contributed by atoms with E-state index in [-0.39, 0.29) is 18.0 Å². The maximum atomic E-state index is 13.4. The lowest BCUT2D eigenvalue weighted by molar-refractivity contribution is -0.114. The van der Waals surface area contributed by atoms with Crippen molar-refractivity contribution in [2.45, 2.75) is 33.1 Å². The molecule has 17 heavy (non-hydrogen) atoms. The number of allylic oxidation sites excluding steroid dienone is 2. The van der Waals surface area contributed by atoms with Gasteiger partial charge in [-0.05, 0) is 42.7 Å². The van der Waals surface area contributed by atoms with Crippen LogP contribution in [0.25, 0.3) is 0 Å². The molecule has 0 unspecified atom stereocenters. The third kappa shape index (κ3) is 4.43. The van der Waals surface area contributed by atoms with E-state index in [9.17, 15) is 9.18 Å². The zero-order chi connectivity index (χ0) is 12.8. The molecule has 0 bridgehead atoms. The summed E-state index contributed by atoms with van der Waals surface area (Å²) in [5.41, 5.74) is 1.54. The highest BCUT2D eigenvalue weighted by molar-refractivity contribution is 9.10. The van der Waals surface area contributed by atoms with Gasteiger partial charge in [0.15, 0.2) is 5.78 Å². The molecule has 1 aromatic rings. The van der Waals surface area contributed by atoms with Gasteiger partial charge in [0, 0.05) is 10.9 Å². The van der Waals surface area contributed by atoms with Crippen molar-refractivity contribution in [1.29, 1.82) is 0 Å². The molecule has 0 aliphatic heterocycles. The molecule has 0 fully saturated rings. The molecule has 92 valence electrons. The lowest BCUT2D eigenvalue weighted by Crippen LogP contribution is -2.02. The lowest BCUT2D eigenvalue weighted by atomic mass is 10.0. The smallest absolute Gasteiger partial charge is 0.160 e. The zero-order valence-electron chi connectivity index (χ0n) is 10.1. The molecule has 3 heteroatoms. The maximum Gasteiger partial charge on any atom is 0.160 e. The van der Waals surface area contributed by atoms with Crippen molar-refractivity contribution in [3.8, 4) is 0 Å². The van der Waals surface area contributed by atoms with Crippen LogP contribution in [0, 0.1) is 5.82 Å². The van der Waals surface area contributed by atoms with E-state index in [4.69, 9.17) is 0 Å². The molecule has 0 N–H and O–H groups in total. The highest BCUT2D eigenvalue weighted by Gasteiger charge is 2.07. The second-order valence-corrected chi connectivity index (χ2v) is 4.80. The molecular formula is C14H16BrFO. The van der Waals surface area contributed by atoms with Gasteiger partial charge >= 0.3 is 0 Å². The average molecular weight is 299 g/mol. The van der Waals surface area contributed by atoms with Crippen LogP contribution in [0.2, 0.25) is 0 Å². The molecular weight excluding hydrogens is 283 g/mol. The Morgan fingerprint density at radius 2 is 2.00 bits per heavy atom. The van der Waals surface area contributed by atoms with E-state index in [1.54, 1.807) is 18.2 Å². The predicted octanol–water partition coefficient (Wildman–Crippen LogP) is 4.45. The van der Waals surface area contributed by atoms with Crippen molar-refractivity contribution >= 4 is 21.7 Å². The van der Waals surface area contributed by atoms with Gasteiger partial charge in [0.05, 0.1) is 0 Å². The lowest BCUT2D eigenvalue weighted by Gasteiger charge is -2.03. The molecule has 0 aromatic heterocycles. The van der Waals surface area contributed by atoms with E-state index < -0.39 is 0 Å². The van der Waals surface area contributed by atoms with Crippen LogP contribution in [0.4, 0.5) is 4.39 Å². The molecule has 1 rings (SSSR count). The van der Waals surface area contributed by atoms with Gasteiger partial charge in [-0.3, -0.25) is 4.79 Å². The summed E-state index contributed by atoms with van der Waals surface area (Å²) in [5.74, 6) is -0.370. The highest BCUT2D eigenvalue weighted by Crippen LogP contribution is 2.17. The Balaban J connectivity index is 2.81. The Bertz CT molecular complexity index is 432. The van der Waals surface area contributed by atoms with Crippen LogP contribution >= 0.6 is 15.9 Å². The minimum absolute atomic E-state index is 0.0410. The minimum atomic E-state index is -0.329. The van der Waals surface area contributed by atoms with E-state index in [2.05, 4.69) is 15.9 Å². The van der Waals surface area contributed by atoms with E-state index in [1.807, 2.05) is 13.8 Å². The summed E-state index contributed by atoms with van der Waals surface area (Å²) in [6.45, 7) is 4.03. The number of hydrogen-bond donors (Lipinski definition) is 0. The van der Waals surface area contributed by atoms with Crippen LogP contribution in [0.15, 0.2) is 34.3 Å². The molecule has 0 radical (unpaired) electrons. The molecule has 1 nitrogen and oxygen atoms in total. The maximum absolute atomic E-state index is 13.4. The summed E-state index contributed by atoms with van der Waals surface area (Å²) < 4.78 is 14.2. The highest BCUT2D eigenvalue weighted by atomic mass is 79.9. The van der Waals surface area contributed by atoms with Crippen molar-refractivity contribution < 1.29 is 9.18 Å². The quantitative estimate of drug-likeness (QED) is 0.734. The fraction of sp³-hybridized carbons (Fsp3) is 0.357. The van der Waals surface area contributed by atoms with Crippen LogP contribution in [-0.2, 0) is 11.2 Å². The van der Waals surface area contributed by atoms with E-state index in [0.29, 0.717) is 5.56 Å². The normalized spacial score (nSPS) is 10.1. The number of carbonyl (C=O) groups excluding carboxylic acids is 1. The Hall–Kier alpha value is -0.960. The molecule has 0 saturated carbocycles. The summed E-state index contributed by atoms with van der Waals surface area (Å²) in [6, 6.07) is 4.65. The number of benzene rings is 1. The minimum Gasteiger partial charge on any atom is -0.294 e.